The number of ketones is 1. The zero-order valence-electron chi connectivity index (χ0n) is 20.3. The quantitative estimate of drug-likeness (QED) is 0.195. The van der Waals surface area contributed by atoms with Crippen molar-refractivity contribution in [2.24, 2.45) is 0 Å². The van der Waals surface area contributed by atoms with Gasteiger partial charge in [0.25, 0.3) is 11.7 Å². The Hall–Kier alpha value is -4.26. The molecule has 0 spiro atoms. The lowest BCUT2D eigenvalue weighted by molar-refractivity contribution is -0.140. The van der Waals surface area contributed by atoms with Crippen molar-refractivity contribution < 1.29 is 23.8 Å². The number of aryl methyl sites for hydroxylation is 1. The van der Waals surface area contributed by atoms with Gasteiger partial charge in [-0.15, -0.1) is 0 Å². The number of aromatic amines is 1. The summed E-state index contributed by atoms with van der Waals surface area (Å²) >= 11 is 0. The molecule has 7 heteroatoms. The first-order valence-corrected chi connectivity index (χ1v) is 12.1. The van der Waals surface area contributed by atoms with E-state index in [2.05, 4.69) is 4.98 Å². The second-order valence-electron chi connectivity index (χ2n) is 8.95. The van der Waals surface area contributed by atoms with Crippen molar-refractivity contribution >= 4 is 28.4 Å². The van der Waals surface area contributed by atoms with E-state index in [1.807, 2.05) is 44.3 Å². The summed E-state index contributed by atoms with van der Waals surface area (Å²) in [7, 11) is 0. The van der Waals surface area contributed by atoms with Gasteiger partial charge in [-0.25, -0.2) is 0 Å². The Labute approximate surface area is 209 Å². The number of fused-ring (bicyclic) bond motifs is 1. The number of para-hydroxylation sites is 1. The lowest BCUT2D eigenvalue weighted by Gasteiger charge is -2.23. The summed E-state index contributed by atoms with van der Waals surface area (Å²) in [6.07, 6.45) is 4.84. The Morgan fingerprint density at radius 1 is 1.14 bits per heavy atom. The molecule has 1 aliphatic rings. The molecule has 0 saturated carbocycles. The summed E-state index contributed by atoms with van der Waals surface area (Å²) in [5.41, 5.74) is 3.36. The van der Waals surface area contributed by atoms with Gasteiger partial charge in [0.2, 0.25) is 0 Å². The zero-order chi connectivity index (χ0) is 25.2. The molecule has 3 heterocycles. The number of nitrogens with one attached hydrogen (secondary N) is 1. The largest absolute Gasteiger partial charge is 0.507 e. The molecule has 1 atom stereocenters. The number of carbonyl (C=O) groups is 2. The number of hydrogen-bond donors (Lipinski definition) is 2. The van der Waals surface area contributed by atoms with Crippen molar-refractivity contribution in [3.8, 4) is 5.75 Å². The molecule has 7 nitrogen and oxygen atoms in total. The highest BCUT2D eigenvalue weighted by Gasteiger charge is 2.47. The Bertz CT molecular complexity index is 1450. The van der Waals surface area contributed by atoms with Crippen LogP contribution in [0.25, 0.3) is 16.7 Å². The maximum absolute atomic E-state index is 13.2. The van der Waals surface area contributed by atoms with Crippen LogP contribution in [0.15, 0.2) is 77.0 Å². The third-order valence-electron chi connectivity index (χ3n) is 6.56. The summed E-state index contributed by atoms with van der Waals surface area (Å²) in [5.74, 6) is -0.465. The fourth-order valence-electron chi connectivity index (χ4n) is 4.76. The number of hydrogen-bond acceptors (Lipinski definition) is 5. The first-order valence-electron chi connectivity index (χ1n) is 12.1. The van der Waals surface area contributed by atoms with Gasteiger partial charge in [0.1, 0.15) is 23.3 Å². The lowest BCUT2D eigenvalue weighted by atomic mass is 9.98. The summed E-state index contributed by atoms with van der Waals surface area (Å²) in [6.45, 7) is 4.79. The van der Waals surface area contributed by atoms with E-state index >= 15 is 0 Å². The minimum Gasteiger partial charge on any atom is -0.507 e. The maximum atomic E-state index is 13.2. The van der Waals surface area contributed by atoms with Crippen LogP contribution in [0.2, 0.25) is 0 Å². The molecule has 1 amide bonds. The van der Waals surface area contributed by atoms with Gasteiger partial charge in [0.15, 0.2) is 0 Å². The Kier molecular flexibility index (Phi) is 6.38. The topological polar surface area (TPSA) is 95.8 Å². The third kappa shape index (κ3) is 4.17. The summed E-state index contributed by atoms with van der Waals surface area (Å²) in [4.78, 5) is 31.1. The standard InChI is InChI=1S/C29H28N2O5/c1-3-14-35-23-11-10-19(16-18(23)2)27(32)25-26(24-9-6-15-36-24)31(29(34)28(25)33)13-12-20-17-30-22-8-5-4-7-21(20)22/h4-11,15-17,26,30,32H,3,12-14H2,1-2H3/b27-25-. The lowest BCUT2D eigenvalue weighted by Crippen LogP contribution is -2.31. The van der Waals surface area contributed by atoms with E-state index < -0.39 is 17.7 Å². The highest BCUT2D eigenvalue weighted by atomic mass is 16.5. The molecule has 0 radical (unpaired) electrons. The minimum absolute atomic E-state index is 0.0236. The van der Waals surface area contributed by atoms with Crippen LogP contribution in [0, 0.1) is 6.92 Å². The number of rotatable bonds is 8. The molecule has 184 valence electrons. The molecule has 2 aromatic heterocycles. The van der Waals surface area contributed by atoms with Gasteiger partial charge in [-0.3, -0.25) is 9.59 Å². The van der Waals surface area contributed by atoms with Crippen molar-refractivity contribution in [1.29, 1.82) is 0 Å². The number of H-pyrrole nitrogens is 1. The number of carbonyl (C=O) groups excluding carboxylic acids is 2. The number of Topliss-reactive ketones (excluding diaryl/α,β-unsaturated/α-hetero) is 1. The van der Waals surface area contributed by atoms with Crippen LogP contribution in [0.5, 0.6) is 5.75 Å². The van der Waals surface area contributed by atoms with Gasteiger partial charge in [0.05, 0.1) is 18.4 Å². The first kappa shape index (κ1) is 23.5. The number of aliphatic hydroxyl groups excluding tert-OH is 1. The number of benzene rings is 2. The monoisotopic (exact) mass is 484 g/mol. The predicted octanol–water partition coefficient (Wildman–Crippen LogP) is 5.52. The van der Waals surface area contributed by atoms with Crippen molar-refractivity contribution in [2.75, 3.05) is 13.2 Å². The number of ether oxygens (including phenoxy) is 1. The molecule has 36 heavy (non-hydrogen) atoms. The molecule has 0 aliphatic carbocycles. The number of aliphatic hydroxyl groups is 1. The van der Waals surface area contributed by atoms with Gasteiger partial charge in [-0.05, 0) is 67.3 Å². The van der Waals surface area contributed by atoms with E-state index in [-0.39, 0.29) is 17.9 Å². The Morgan fingerprint density at radius 3 is 2.72 bits per heavy atom. The minimum atomic E-state index is -0.818. The van der Waals surface area contributed by atoms with Crippen molar-refractivity contribution in [3.05, 3.63) is 95.1 Å². The van der Waals surface area contributed by atoms with Gasteiger partial charge in [0, 0.05) is 29.2 Å². The van der Waals surface area contributed by atoms with Crippen LogP contribution in [0.1, 0.15) is 41.8 Å². The summed E-state index contributed by atoms with van der Waals surface area (Å²) in [5, 5.41) is 12.3. The van der Waals surface area contributed by atoms with E-state index in [1.165, 1.54) is 11.2 Å². The molecule has 1 unspecified atom stereocenters. The molecule has 2 aromatic carbocycles. The van der Waals surface area contributed by atoms with Crippen molar-refractivity contribution in [2.45, 2.75) is 32.7 Å². The van der Waals surface area contributed by atoms with Crippen molar-refractivity contribution in [1.82, 2.24) is 9.88 Å². The molecule has 1 aliphatic heterocycles. The van der Waals surface area contributed by atoms with Crippen LogP contribution in [0.3, 0.4) is 0 Å². The molecule has 2 N–H and O–H groups in total. The first-order chi connectivity index (χ1) is 17.5. The second kappa shape index (κ2) is 9.77. The number of aromatic nitrogens is 1. The number of furan rings is 1. The highest BCUT2D eigenvalue weighted by Crippen LogP contribution is 2.40. The van der Waals surface area contributed by atoms with Gasteiger partial charge < -0.3 is 24.1 Å². The second-order valence-corrected chi connectivity index (χ2v) is 8.95. The Balaban J connectivity index is 1.50. The van der Waals surface area contributed by atoms with Gasteiger partial charge >= 0.3 is 0 Å². The summed E-state index contributed by atoms with van der Waals surface area (Å²) < 4.78 is 11.4. The molecule has 1 saturated heterocycles. The Morgan fingerprint density at radius 2 is 1.97 bits per heavy atom. The SMILES string of the molecule is CCCOc1ccc(/C(O)=C2/C(=O)C(=O)N(CCc3c[nH]c4ccccc34)C2c2ccco2)cc1C. The molecule has 4 aromatic rings. The van der Waals surface area contributed by atoms with Crippen LogP contribution >= 0.6 is 0 Å². The zero-order valence-corrected chi connectivity index (χ0v) is 20.3. The van der Waals surface area contributed by atoms with Crippen LogP contribution in [0.4, 0.5) is 0 Å². The van der Waals surface area contributed by atoms with Crippen molar-refractivity contribution in [3.63, 3.8) is 0 Å². The maximum Gasteiger partial charge on any atom is 0.295 e. The molecule has 0 bridgehead atoms. The van der Waals surface area contributed by atoms with Gasteiger partial charge in [-0.1, -0.05) is 25.1 Å². The van der Waals surface area contributed by atoms with Gasteiger partial charge in [-0.2, -0.15) is 0 Å². The number of amides is 1. The fourth-order valence-corrected chi connectivity index (χ4v) is 4.76. The third-order valence-corrected chi connectivity index (χ3v) is 6.56. The van der Waals surface area contributed by atoms with E-state index in [9.17, 15) is 14.7 Å². The fraction of sp³-hybridized carbons (Fsp3) is 0.241. The highest BCUT2D eigenvalue weighted by molar-refractivity contribution is 6.46. The summed E-state index contributed by atoms with van der Waals surface area (Å²) in [6, 6.07) is 15.8. The van der Waals surface area contributed by atoms with E-state index in [4.69, 9.17) is 9.15 Å². The smallest absolute Gasteiger partial charge is 0.295 e. The normalized spacial score (nSPS) is 17.3. The van der Waals surface area contributed by atoms with E-state index in [0.717, 1.165) is 34.2 Å². The molecular weight excluding hydrogens is 456 g/mol. The predicted molar refractivity (Wildman–Crippen MR) is 137 cm³/mol. The molecular formula is C29H28N2O5. The molecule has 5 rings (SSSR count). The van der Waals surface area contributed by atoms with Crippen LogP contribution < -0.4 is 4.74 Å². The van der Waals surface area contributed by atoms with E-state index in [1.54, 1.807) is 30.3 Å². The number of likely N-dealkylation sites (tertiary alicyclic amines) is 1. The average molecular weight is 485 g/mol. The van der Waals surface area contributed by atoms with Crippen LogP contribution in [-0.4, -0.2) is 39.8 Å². The van der Waals surface area contributed by atoms with Crippen LogP contribution in [-0.2, 0) is 16.0 Å². The molecule has 1 fully saturated rings. The number of nitrogens with zero attached hydrogens (tertiary/aromatic N) is 1. The van der Waals surface area contributed by atoms with E-state index in [0.29, 0.717) is 24.4 Å². The average Bonchev–Trinajstić information content (AvgIpc) is 3.61.